The first-order chi connectivity index (χ1) is 10.1. The molecule has 0 aliphatic carbocycles. The van der Waals surface area contributed by atoms with Crippen molar-refractivity contribution in [3.63, 3.8) is 0 Å². The van der Waals surface area contributed by atoms with Crippen molar-refractivity contribution in [1.82, 2.24) is 15.0 Å². The van der Waals surface area contributed by atoms with Gasteiger partial charge in [0.05, 0.1) is 0 Å². The first-order valence-corrected chi connectivity index (χ1v) is 7.81. The average molecular weight is 352 g/mol. The number of benzene rings is 1. The molecule has 5 nitrogen and oxygen atoms in total. The maximum absolute atomic E-state index is 11.1. The maximum atomic E-state index is 11.1. The van der Waals surface area contributed by atoms with Crippen LogP contribution in [0.5, 0.6) is 0 Å². The number of hydrogen-bond donors (Lipinski definition) is 1. The van der Waals surface area contributed by atoms with E-state index >= 15 is 0 Å². The van der Waals surface area contributed by atoms with Gasteiger partial charge in [-0.1, -0.05) is 35.5 Å². The lowest BCUT2D eigenvalue weighted by Gasteiger charge is -2.41. The Bertz CT molecular complexity index is 589. The maximum Gasteiger partial charge on any atom is 0.154 e. The summed E-state index contributed by atoms with van der Waals surface area (Å²) >= 11 is 3.40. The van der Waals surface area contributed by atoms with E-state index in [0.29, 0.717) is 23.5 Å². The van der Waals surface area contributed by atoms with Crippen LogP contribution in [-0.4, -0.2) is 33.3 Å². The monoisotopic (exact) mass is 351 g/mol. The lowest BCUT2D eigenvalue weighted by Crippen LogP contribution is -2.40. The number of aromatic nitrogens is 3. The van der Waals surface area contributed by atoms with Crippen LogP contribution in [-0.2, 0) is 17.2 Å². The molecule has 1 fully saturated rings. The van der Waals surface area contributed by atoms with Crippen LogP contribution in [0.1, 0.15) is 30.2 Å². The Morgan fingerprint density at radius 1 is 1.29 bits per heavy atom. The van der Waals surface area contributed by atoms with Crippen LogP contribution in [0.4, 0.5) is 0 Å². The van der Waals surface area contributed by atoms with E-state index in [-0.39, 0.29) is 5.41 Å². The van der Waals surface area contributed by atoms with E-state index < -0.39 is 6.10 Å². The number of nitrogens with zero attached hydrogens (tertiary/aromatic N) is 3. The summed E-state index contributed by atoms with van der Waals surface area (Å²) in [6, 6.07) is 10.2. The molecule has 1 aromatic carbocycles. The molecule has 0 radical (unpaired) electrons. The molecule has 1 saturated heterocycles. The quantitative estimate of drug-likeness (QED) is 0.921. The molecule has 2 heterocycles. The minimum Gasteiger partial charge on any atom is -0.386 e. The summed E-state index contributed by atoms with van der Waals surface area (Å²) in [5.41, 5.74) is 1.48. The molecule has 0 bridgehead atoms. The van der Waals surface area contributed by atoms with Gasteiger partial charge in [-0.25, -0.2) is 4.68 Å². The molecule has 1 atom stereocenters. The van der Waals surface area contributed by atoms with Gasteiger partial charge in [-0.3, -0.25) is 0 Å². The Labute approximate surface area is 132 Å². The first-order valence-electron chi connectivity index (χ1n) is 7.01. The van der Waals surface area contributed by atoms with Crippen LogP contribution in [0.3, 0.4) is 0 Å². The lowest BCUT2D eigenvalue weighted by atomic mass is 9.69. The normalized spacial score (nSPS) is 19.4. The van der Waals surface area contributed by atoms with Crippen LogP contribution in [0.2, 0.25) is 0 Å². The molecule has 112 valence electrons. The number of hydrogen-bond acceptors (Lipinski definition) is 4. The standard InChI is InChI=1S/C15H18BrN3O2/c1-19-12(14(16)17-18-19)13(20)15(7-9-21-10-8-15)11-5-3-2-4-6-11/h2-6,13,20H,7-10H2,1H3. The highest BCUT2D eigenvalue weighted by molar-refractivity contribution is 9.10. The van der Waals surface area contributed by atoms with E-state index in [0.717, 1.165) is 18.4 Å². The van der Waals surface area contributed by atoms with E-state index in [1.165, 1.54) is 0 Å². The Hall–Kier alpha value is -1.24. The van der Waals surface area contributed by atoms with Gasteiger partial charge in [0.1, 0.15) is 11.8 Å². The summed E-state index contributed by atoms with van der Waals surface area (Å²) in [5.74, 6) is 0. The molecule has 0 saturated carbocycles. The van der Waals surface area contributed by atoms with Crippen molar-refractivity contribution >= 4 is 15.9 Å². The zero-order chi connectivity index (χ0) is 14.9. The molecule has 1 N–H and O–H groups in total. The second kappa shape index (κ2) is 5.87. The third kappa shape index (κ3) is 2.52. The highest BCUT2D eigenvalue weighted by Crippen LogP contribution is 2.46. The highest BCUT2D eigenvalue weighted by Gasteiger charge is 2.44. The average Bonchev–Trinajstić information content (AvgIpc) is 2.87. The molecule has 2 aromatic rings. The van der Waals surface area contributed by atoms with E-state index in [4.69, 9.17) is 4.74 Å². The predicted octanol–water partition coefficient (Wildman–Crippen LogP) is 2.36. The van der Waals surface area contributed by atoms with E-state index in [9.17, 15) is 5.11 Å². The van der Waals surface area contributed by atoms with Crippen molar-refractivity contribution in [1.29, 1.82) is 0 Å². The zero-order valence-corrected chi connectivity index (χ0v) is 13.5. The van der Waals surface area contributed by atoms with Gasteiger partial charge in [0.25, 0.3) is 0 Å². The van der Waals surface area contributed by atoms with Gasteiger partial charge in [-0.15, -0.1) is 5.10 Å². The predicted molar refractivity (Wildman–Crippen MR) is 81.8 cm³/mol. The fourth-order valence-electron chi connectivity index (χ4n) is 3.12. The van der Waals surface area contributed by atoms with Crippen molar-refractivity contribution in [3.8, 4) is 0 Å². The fraction of sp³-hybridized carbons (Fsp3) is 0.467. The topological polar surface area (TPSA) is 60.2 Å². The largest absolute Gasteiger partial charge is 0.386 e. The van der Waals surface area contributed by atoms with E-state index in [1.807, 2.05) is 18.2 Å². The molecule has 6 heteroatoms. The van der Waals surface area contributed by atoms with Gasteiger partial charge < -0.3 is 9.84 Å². The Balaban J connectivity index is 2.08. The molecule has 1 aromatic heterocycles. The summed E-state index contributed by atoms with van der Waals surface area (Å²) in [7, 11) is 1.80. The Kier molecular flexibility index (Phi) is 4.10. The molecule has 21 heavy (non-hydrogen) atoms. The van der Waals surface area contributed by atoms with Crippen LogP contribution in [0.25, 0.3) is 0 Å². The van der Waals surface area contributed by atoms with E-state index in [1.54, 1.807) is 11.7 Å². The van der Waals surface area contributed by atoms with Gasteiger partial charge in [0.15, 0.2) is 4.60 Å². The van der Waals surface area contributed by atoms with Gasteiger partial charge in [-0.05, 0) is 34.3 Å². The summed E-state index contributed by atoms with van der Waals surface area (Å²) < 4.78 is 7.74. The Morgan fingerprint density at radius 3 is 2.52 bits per heavy atom. The number of aliphatic hydroxyl groups is 1. The molecule has 1 unspecified atom stereocenters. The Morgan fingerprint density at radius 2 is 1.95 bits per heavy atom. The van der Waals surface area contributed by atoms with Crippen LogP contribution < -0.4 is 0 Å². The zero-order valence-electron chi connectivity index (χ0n) is 11.9. The molecule has 0 amide bonds. The van der Waals surface area contributed by atoms with Crippen molar-refractivity contribution in [2.24, 2.45) is 7.05 Å². The van der Waals surface area contributed by atoms with Crippen molar-refractivity contribution < 1.29 is 9.84 Å². The molecule has 0 spiro atoms. The number of halogens is 1. The SMILES string of the molecule is Cn1nnc(Br)c1C(O)C1(c2ccccc2)CCOCC1. The molecular formula is C15H18BrN3O2. The number of aliphatic hydroxyl groups excluding tert-OH is 1. The summed E-state index contributed by atoms with van der Waals surface area (Å²) in [4.78, 5) is 0. The van der Waals surface area contributed by atoms with Crippen molar-refractivity contribution in [2.45, 2.75) is 24.4 Å². The van der Waals surface area contributed by atoms with Crippen LogP contribution in [0, 0.1) is 0 Å². The molecule has 3 rings (SSSR count). The molecule has 1 aliphatic heterocycles. The minimum atomic E-state index is -0.682. The van der Waals surface area contributed by atoms with Gasteiger partial charge in [0, 0.05) is 25.7 Å². The van der Waals surface area contributed by atoms with Crippen molar-refractivity contribution in [3.05, 3.63) is 46.2 Å². The minimum absolute atomic E-state index is 0.364. The van der Waals surface area contributed by atoms with Gasteiger partial charge >= 0.3 is 0 Å². The second-order valence-electron chi connectivity index (χ2n) is 5.43. The number of ether oxygens (including phenoxy) is 1. The summed E-state index contributed by atoms with van der Waals surface area (Å²) in [6.45, 7) is 1.30. The van der Waals surface area contributed by atoms with E-state index in [2.05, 4.69) is 38.4 Å². The lowest BCUT2D eigenvalue weighted by molar-refractivity contribution is -0.0203. The fourth-order valence-corrected chi connectivity index (χ4v) is 3.66. The number of aryl methyl sites for hydroxylation is 1. The van der Waals surface area contributed by atoms with Gasteiger partial charge in [0.2, 0.25) is 0 Å². The summed E-state index contributed by atoms with van der Waals surface area (Å²) in [5, 5.41) is 19.1. The summed E-state index contributed by atoms with van der Waals surface area (Å²) in [6.07, 6.45) is 0.865. The third-order valence-electron chi connectivity index (χ3n) is 4.34. The van der Waals surface area contributed by atoms with Crippen LogP contribution in [0.15, 0.2) is 34.9 Å². The second-order valence-corrected chi connectivity index (χ2v) is 6.18. The number of rotatable bonds is 3. The van der Waals surface area contributed by atoms with Gasteiger partial charge in [-0.2, -0.15) is 0 Å². The highest BCUT2D eigenvalue weighted by atomic mass is 79.9. The van der Waals surface area contributed by atoms with Crippen molar-refractivity contribution in [2.75, 3.05) is 13.2 Å². The first kappa shape index (κ1) is 14.7. The third-order valence-corrected chi connectivity index (χ3v) is 4.91. The molecule has 1 aliphatic rings. The molecular weight excluding hydrogens is 334 g/mol. The van der Waals surface area contributed by atoms with Crippen LogP contribution >= 0.6 is 15.9 Å². The smallest absolute Gasteiger partial charge is 0.154 e.